The van der Waals surface area contributed by atoms with E-state index in [0.717, 1.165) is 70.6 Å². The molecule has 4 heteroatoms. The minimum Gasteiger partial charge on any atom is -0.469 e. The van der Waals surface area contributed by atoms with Crippen molar-refractivity contribution in [3.63, 3.8) is 0 Å². The molecule has 0 saturated heterocycles. The average molecular weight is 369 g/mol. The molecule has 4 nitrogen and oxygen atoms in total. The molecule has 26 heavy (non-hydrogen) atoms. The molecule has 0 spiro atoms. The maximum Gasteiger partial charge on any atom is 0.305 e. The lowest BCUT2D eigenvalue weighted by atomic mass is 9.83. The summed E-state index contributed by atoms with van der Waals surface area (Å²) in [6, 6.07) is 0. The predicted molar refractivity (Wildman–Crippen MR) is 105 cm³/mol. The van der Waals surface area contributed by atoms with Gasteiger partial charge < -0.3 is 9.84 Å². The van der Waals surface area contributed by atoms with Crippen LogP contribution in [0.1, 0.15) is 104 Å². The Kier molecular flexibility index (Phi) is 11.1. The number of aliphatic hydroxyl groups is 1. The SMILES string of the molecule is CCCCCC(C)(O)CCC1CCC(=O)C1CCCCCCC(=O)OC. The first kappa shape index (κ1) is 23.1. The van der Waals surface area contributed by atoms with Crippen LogP contribution in [0, 0.1) is 11.8 Å². The van der Waals surface area contributed by atoms with Crippen LogP contribution in [0.5, 0.6) is 0 Å². The molecule has 3 unspecified atom stereocenters. The molecule has 0 aliphatic heterocycles. The van der Waals surface area contributed by atoms with Gasteiger partial charge in [-0.15, -0.1) is 0 Å². The molecule has 0 aromatic heterocycles. The van der Waals surface area contributed by atoms with Crippen LogP contribution < -0.4 is 0 Å². The van der Waals surface area contributed by atoms with Crippen LogP contribution in [0.4, 0.5) is 0 Å². The minimum absolute atomic E-state index is 0.137. The number of carbonyl (C=O) groups excluding carboxylic acids is 2. The Morgan fingerprint density at radius 3 is 2.54 bits per heavy atom. The zero-order valence-electron chi connectivity index (χ0n) is 17.2. The van der Waals surface area contributed by atoms with Crippen molar-refractivity contribution < 1.29 is 19.4 Å². The van der Waals surface area contributed by atoms with Gasteiger partial charge >= 0.3 is 5.97 Å². The van der Waals surface area contributed by atoms with Gasteiger partial charge in [0.1, 0.15) is 5.78 Å². The second-order valence-electron chi connectivity index (χ2n) is 8.39. The van der Waals surface area contributed by atoms with E-state index >= 15 is 0 Å². The van der Waals surface area contributed by atoms with Gasteiger partial charge in [-0.25, -0.2) is 0 Å². The number of hydrogen-bond donors (Lipinski definition) is 1. The first-order valence-electron chi connectivity index (χ1n) is 10.7. The molecule has 152 valence electrons. The molecular formula is C22H40O4. The van der Waals surface area contributed by atoms with Crippen molar-refractivity contribution in [1.82, 2.24) is 0 Å². The number of methoxy groups -OCH3 is 1. The fourth-order valence-corrected chi connectivity index (χ4v) is 4.19. The zero-order valence-corrected chi connectivity index (χ0v) is 17.2. The van der Waals surface area contributed by atoms with Crippen molar-refractivity contribution in [3.8, 4) is 0 Å². The van der Waals surface area contributed by atoms with E-state index in [1.54, 1.807) is 0 Å². The Bertz CT molecular complexity index is 416. The lowest BCUT2D eigenvalue weighted by Gasteiger charge is -2.26. The highest BCUT2D eigenvalue weighted by Gasteiger charge is 2.35. The third-order valence-electron chi connectivity index (χ3n) is 5.99. The van der Waals surface area contributed by atoms with Gasteiger partial charge in [-0.2, -0.15) is 0 Å². The van der Waals surface area contributed by atoms with E-state index in [-0.39, 0.29) is 11.9 Å². The highest BCUT2D eigenvalue weighted by molar-refractivity contribution is 5.83. The summed E-state index contributed by atoms with van der Waals surface area (Å²) in [6.45, 7) is 4.13. The number of Topliss-reactive ketones (excluding diaryl/α,β-unsaturated/α-hetero) is 1. The van der Waals surface area contributed by atoms with Crippen molar-refractivity contribution in [2.24, 2.45) is 11.8 Å². The van der Waals surface area contributed by atoms with Gasteiger partial charge in [-0.3, -0.25) is 9.59 Å². The maximum absolute atomic E-state index is 12.2. The maximum atomic E-state index is 12.2. The molecule has 0 amide bonds. The molecule has 0 aromatic rings. The third kappa shape index (κ3) is 9.16. The van der Waals surface area contributed by atoms with E-state index in [1.165, 1.54) is 20.0 Å². The summed E-state index contributed by atoms with van der Waals surface area (Å²) in [7, 11) is 1.43. The first-order valence-corrected chi connectivity index (χ1v) is 10.7. The Balaban J connectivity index is 2.26. The van der Waals surface area contributed by atoms with Crippen molar-refractivity contribution in [1.29, 1.82) is 0 Å². The third-order valence-corrected chi connectivity index (χ3v) is 5.99. The fraction of sp³-hybridized carbons (Fsp3) is 0.909. The summed E-state index contributed by atoms with van der Waals surface area (Å²) >= 11 is 0. The lowest BCUT2D eigenvalue weighted by molar-refractivity contribution is -0.140. The van der Waals surface area contributed by atoms with Crippen molar-refractivity contribution in [2.75, 3.05) is 7.11 Å². The highest BCUT2D eigenvalue weighted by atomic mass is 16.5. The lowest BCUT2D eigenvalue weighted by Crippen LogP contribution is -2.26. The average Bonchev–Trinajstić information content (AvgIpc) is 2.96. The molecule has 0 aromatic carbocycles. The van der Waals surface area contributed by atoms with Crippen LogP contribution in [0.3, 0.4) is 0 Å². The molecule has 0 radical (unpaired) electrons. The molecule has 1 aliphatic carbocycles. The van der Waals surface area contributed by atoms with Crippen LogP contribution in [0.2, 0.25) is 0 Å². The van der Waals surface area contributed by atoms with E-state index in [0.29, 0.717) is 18.1 Å². The van der Waals surface area contributed by atoms with Crippen molar-refractivity contribution in [2.45, 2.75) is 109 Å². The second-order valence-corrected chi connectivity index (χ2v) is 8.39. The smallest absolute Gasteiger partial charge is 0.305 e. The molecule has 1 rings (SSSR count). The summed E-state index contributed by atoms with van der Waals surface area (Å²) in [5.41, 5.74) is -0.584. The highest BCUT2D eigenvalue weighted by Crippen LogP contribution is 2.37. The number of ether oxygens (including phenoxy) is 1. The molecule has 3 atom stereocenters. The number of hydrogen-bond acceptors (Lipinski definition) is 4. The van der Waals surface area contributed by atoms with Crippen LogP contribution >= 0.6 is 0 Å². The normalized spacial score (nSPS) is 22.4. The Morgan fingerprint density at radius 1 is 1.12 bits per heavy atom. The first-order chi connectivity index (χ1) is 12.4. The molecular weight excluding hydrogens is 328 g/mol. The van der Waals surface area contributed by atoms with Crippen LogP contribution in [0.25, 0.3) is 0 Å². The van der Waals surface area contributed by atoms with E-state index in [2.05, 4.69) is 11.7 Å². The predicted octanol–water partition coefficient (Wildman–Crippen LogP) is 5.21. The standard InChI is InChI=1S/C22H40O4/c1-4-5-10-16-22(2,25)17-15-18-13-14-20(23)19(18)11-8-6-7-9-12-21(24)26-3/h18-19,25H,4-17H2,1-3H3. The largest absolute Gasteiger partial charge is 0.469 e. The fourth-order valence-electron chi connectivity index (χ4n) is 4.19. The van der Waals surface area contributed by atoms with Gasteiger partial charge in [0.15, 0.2) is 0 Å². The molecule has 1 aliphatic rings. The van der Waals surface area contributed by atoms with Gasteiger partial charge in [0.2, 0.25) is 0 Å². The summed E-state index contributed by atoms with van der Waals surface area (Å²) in [5, 5.41) is 10.6. The van der Waals surface area contributed by atoms with Crippen LogP contribution in [-0.2, 0) is 14.3 Å². The summed E-state index contributed by atoms with van der Waals surface area (Å²) in [6.07, 6.45) is 13.3. The number of carbonyl (C=O) groups is 2. The molecule has 1 N–H and O–H groups in total. The van der Waals surface area contributed by atoms with Gasteiger partial charge in [0, 0.05) is 18.8 Å². The molecule has 0 bridgehead atoms. The van der Waals surface area contributed by atoms with Gasteiger partial charge in [0.05, 0.1) is 12.7 Å². The van der Waals surface area contributed by atoms with E-state index in [1.807, 2.05) is 6.92 Å². The van der Waals surface area contributed by atoms with Crippen LogP contribution in [0.15, 0.2) is 0 Å². The number of ketones is 1. The minimum atomic E-state index is -0.584. The summed E-state index contributed by atoms with van der Waals surface area (Å²) < 4.78 is 4.65. The Hall–Kier alpha value is -0.900. The summed E-state index contributed by atoms with van der Waals surface area (Å²) in [5.74, 6) is 0.939. The van der Waals surface area contributed by atoms with Gasteiger partial charge in [-0.1, -0.05) is 45.4 Å². The van der Waals surface area contributed by atoms with E-state index in [4.69, 9.17) is 0 Å². The van der Waals surface area contributed by atoms with Gasteiger partial charge in [-0.05, 0) is 51.4 Å². The second kappa shape index (κ2) is 12.5. The monoisotopic (exact) mass is 368 g/mol. The Morgan fingerprint density at radius 2 is 1.85 bits per heavy atom. The summed E-state index contributed by atoms with van der Waals surface area (Å²) in [4.78, 5) is 23.3. The number of esters is 1. The molecule has 1 saturated carbocycles. The molecule has 1 fully saturated rings. The Labute approximate surface area is 160 Å². The molecule has 0 heterocycles. The number of rotatable bonds is 14. The van der Waals surface area contributed by atoms with E-state index in [9.17, 15) is 14.7 Å². The van der Waals surface area contributed by atoms with Crippen LogP contribution in [-0.4, -0.2) is 29.6 Å². The quantitative estimate of drug-likeness (QED) is 0.338. The topological polar surface area (TPSA) is 63.6 Å². The van der Waals surface area contributed by atoms with E-state index < -0.39 is 5.60 Å². The number of unbranched alkanes of at least 4 members (excludes halogenated alkanes) is 5. The zero-order chi connectivity index (χ0) is 19.4. The van der Waals surface area contributed by atoms with Crippen molar-refractivity contribution in [3.05, 3.63) is 0 Å². The van der Waals surface area contributed by atoms with Crippen molar-refractivity contribution >= 4 is 11.8 Å². The van der Waals surface area contributed by atoms with Gasteiger partial charge in [0.25, 0.3) is 0 Å².